The summed E-state index contributed by atoms with van der Waals surface area (Å²) in [5, 5.41) is 8.06. The Hall–Kier alpha value is -1.36. The van der Waals surface area contributed by atoms with Crippen LogP contribution in [0.4, 0.5) is 0 Å². The molecular weight excluding hydrogens is 228 g/mol. The quantitative estimate of drug-likeness (QED) is 0.784. The lowest BCUT2D eigenvalue weighted by molar-refractivity contribution is -0.136. The summed E-state index contributed by atoms with van der Waals surface area (Å²) in [7, 11) is 0. The van der Waals surface area contributed by atoms with E-state index in [0.29, 0.717) is 31.1 Å². The average molecular weight is 240 g/mol. The largest absolute Gasteiger partial charge is 0.486 e. The summed E-state index contributed by atoms with van der Waals surface area (Å²) in [4.78, 5) is 10.7. The van der Waals surface area contributed by atoms with Crippen LogP contribution in [0.5, 0.6) is 11.5 Å². The minimum absolute atomic E-state index is 0.370. The standard InChI is InChI=1S/C11H12O4S/c12-11(13)10(16)6-7-1-2-8-9(5-7)15-4-3-14-8/h1-2,5,10,16H,3-4,6H2,(H,12,13). The molecule has 0 amide bonds. The molecule has 2 rings (SSSR count). The van der Waals surface area contributed by atoms with Crippen molar-refractivity contribution < 1.29 is 19.4 Å². The second-order valence-corrected chi connectivity index (χ2v) is 4.16. The SMILES string of the molecule is O=C(O)C(S)Cc1ccc2c(c1)OCCO2. The second-order valence-electron chi connectivity index (χ2n) is 3.54. The molecule has 5 heteroatoms. The molecule has 86 valence electrons. The van der Waals surface area contributed by atoms with Crippen LogP contribution in [0.3, 0.4) is 0 Å². The second kappa shape index (κ2) is 4.65. The summed E-state index contributed by atoms with van der Waals surface area (Å²) in [6.45, 7) is 1.08. The Balaban J connectivity index is 2.14. The third-order valence-corrected chi connectivity index (χ3v) is 2.72. The van der Waals surface area contributed by atoms with Gasteiger partial charge in [-0.05, 0) is 24.1 Å². The number of carbonyl (C=O) groups is 1. The zero-order valence-corrected chi connectivity index (χ0v) is 9.44. The van der Waals surface area contributed by atoms with Crippen molar-refractivity contribution in [3.8, 4) is 11.5 Å². The molecule has 1 heterocycles. The first-order valence-corrected chi connectivity index (χ1v) is 5.48. The molecule has 0 saturated carbocycles. The summed E-state index contributed by atoms with van der Waals surface area (Å²) in [6.07, 6.45) is 0.370. The van der Waals surface area contributed by atoms with Crippen molar-refractivity contribution in [2.45, 2.75) is 11.7 Å². The van der Waals surface area contributed by atoms with Gasteiger partial charge in [-0.1, -0.05) is 6.07 Å². The first-order chi connectivity index (χ1) is 7.66. The number of thiol groups is 1. The van der Waals surface area contributed by atoms with E-state index in [0.717, 1.165) is 5.56 Å². The normalized spacial score (nSPS) is 15.6. The van der Waals surface area contributed by atoms with Gasteiger partial charge in [0.05, 0.1) is 0 Å². The monoisotopic (exact) mass is 240 g/mol. The number of fused-ring (bicyclic) bond motifs is 1. The number of ether oxygens (including phenoxy) is 2. The van der Waals surface area contributed by atoms with E-state index in [9.17, 15) is 4.79 Å². The van der Waals surface area contributed by atoms with Gasteiger partial charge in [-0.25, -0.2) is 0 Å². The maximum absolute atomic E-state index is 10.7. The topological polar surface area (TPSA) is 55.8 Å². The third kappa shape index (κ3) is 2.41. The van der Waals surface area contributed by atoms with Gasteiger partial charge in [0.25, 0.3) is 0 Å². The summed E-state index contributed by atoms with van der Waals surface area (Å²) >= 11 is 3.99. The lowest BCUT2D eigenvalue weighted by Gasteiger charge is -2.19. The molecule has 0 saturated heterocycles. The van der Waals surface area contributed by atoms with Crippen LogP contribution in [0.1, 0.15) is 5.56 Å². The van der Waals surface area contributed by atoms with Crippen LogP contribution in [0.2, 0.25) is 0 Å². The highest BCUT2D eigenvalue weighted by atomic mass is 32.1. The van der Waals surface area contributed by atoms with Crippen LogP contribution in [0.25, 0.3) is 0 Å². The van der Waals surface area contributed by atoms with E-state index in [1.54, 1.807) is 12.1 Å². The molecule has 1 aromatic rings. The lowest BCUT2D eigenvalue weighted by atomic mass is 10.1. The van der Waals surface area contributed by atoms with E-state index in [-0.39, 0.29) is 0 Å². The first kappa shape index (κ1) is 11.1. The number of aliphatic carboxylic acids is 1. The summed E-state index contributed by atoms with van der Waals surface area (Å²) in [5.74, 6) is 0.467. The smallest absolute Gasteiger partial charge is 0.316 e. The fourth-order valence-electron chi connectivity index (χ4n) is 1.53. The van der Waals surface area contributed by atoms with Gasteiger partial charge in [0, 0.05) is 0 Å². The third-order valence-electron chi connectivity index (χ3n) is 2.32. The highest BCUT2D eigenvalue weighted by molar-refractivity contribution is 7.81. The number of hydrogen-bond acceptors (Lipinski definition) is 4. The zero-order chi connectivity index (χ0) is 11.5. The van der Waals surface area contributed by atoms with E-state index < -0.39 is 11.2 Å². The molecule has 0 fully saturated rings. The van der Waals surface area contributed by atoms with Gasteiger partial charge in [0.1, 0.15) is 18.5 Å². The average Bonchev–Trinajstić information content (AvgIpc) is 2.28. The maximum Gasteiger partial charge on any atom is 0.316 e. The Morgan fingerprint density at radius 1 is 1.38 bits per heavy atom. The van der Waals surface area contributed by atoms with Crippen molar-refractivity contribution in [3.63, 3.8) is 0 Å². The highest BCUT2D eigenvalue weighted by Gasteiger charge is 2.16. The Morgan fingerprint density at radius 3 is 2.75 bits per heavy atom. The van der Waals surface area contributed by atoms with E-state index in [1.807, 2.05) is 6.07 Å². The number of hydrogen-bond donors (Lipinski definition) is 2. The Kier molecular flexibility index (Phi) is 3.24. The van der Waals surface area contributed by atoms with Crippen LogP contribution in [0, 0.1) is 0 Å². The summed E-state index contributed by atoms with van der Waals surface area (Å²) in [6, 6.07) is 5.44. The molecule has 1 aromatic carbocycles. The predicted molar refractivity (Wildman–Crippen MR) is 61.5 cm³/mol. The van der Waals surface area contributed by atoms with E-state index in [4.69, 9.17) is 14.6 Å². The molecule has 0 aliphatic carbocycles. The fourth-order valence-corrected chi connectivity index (χ4v) is 1.74. The molecule has 0 spiro atoms. The highest BCUT2D eigenvalue weighted by Crippen LogP contribution is 2.31. The van der Waals surface area contributed by atoms with Crippen LogP contribution >= 0.6 is 12.6 Å². The summed E-state index contributed by atoms with van der Waals surface area (Å²) < 4.78 is 10.8. The van der Waals surface area contributed by atoms with Gasteiger partial charge in [0.2, 0.25) is 0 Å². The van der Waals surface area contributed by atoms with E-state index >= 15 is 0 Å². The van der Waals surface area contributed by atoms with Crippen molar-refractivity contribution in [2.24, 2.45) is 0 Å². The number of carboxylic acids is 1. The van der Waals surface area contributed by atoms with Crippen molar-refractivity contribution in [3.05, 3.63) is 23.8 Å². The number of rotatable bonds is 3. The van der Waals surface area contributed by atoms with Crippen LogP contribution < -0.4 is 9.47 Å². The van der Waals surface area contributed by atoms with Gasteiger partial charge in [-0.15, -0.1) is 0 Å². The molecule has 1 unspecified atom stereocenters. The molecule has 0 bridgehead atoms. The molecule has 4 nitrogen and oxygen atoms in total. The Labute approximate surface area is 98.6 Å². The molecular formula is C11H12O4S. The van der Waals surface area contributed by atoms with Crippen molar-refractivity contribution >= 4 is 18.6 Å². The summed E-state index contributed by atoms with van der Waals surface area (Å²) in [5.41, 5.74) is 0.881. The minimum Gasteiger partial charge on any atom is -0.486 e. The molecule has 1 aliphatic rings. The molecule has 1 N–H and O–H groups in total. The maximum atomic E-state index is 10.7. The number of carboxylic acid groups (broad SMARTS) is 1. The fraction of sp³-hybridized carbons (Fsp3) is 0.364. The van der Waals surface area contributed by atoms with Gasteiger partial charge in [-0.3, -0.25) is 4.79 Å². The van der Waals surface area contributed by atoms with Crippen LogP contribution in [0.15, 0.2) is 18.2 Å². The van der Waals surface area contributed by atoms with Gasteiger partial charge in [-0.2, -0.15) is 12.6 Å². The van der Waals surface area contributed by atoms with Gasteiger partial charge >= 0.3 is 5.97 Å². The Bertz CT molecular complexity index is 405. The molecule has 16 heavy (non-hydrogen) atoms. The molecule has 1 atom stereocenters. The predicted octanol–water partition coefficient (Wildman–Crippen LogP) is 1.38. The molecule has 0 aromatic heterocycles. The van der Waals surface area contributed by atoms with E-state index in [1.165, 1.54) is 0 Å². The van der Waals surface area contributed by atoms with Crippen molar-refractivity contribution in [1.82, 2.24) is 0 Å². The van der Waals surface area contributed by atoms with Crippen LogP contribution in [-0.4, -0.2) is 29.5 Å². The Morgan fingerprint density at radius 2 is 2.06 bits per heavy atom. The van der Waals surface area contributed by atoms with Gasteiger partial charge in [0.15, 0.2) is 11.5 Å². The first-order valence-electron chi connectivity index (χ1n) is 4.96. The lowest BCUT2D eigenvalue weighted by Crippen LogP contribution is -2.17. The van der Waals surface area contributed by atoms with Crippen LogP contribution in [-0.2, 0) is 11.2 Å². The van der Waals surface area contributed by atoms with Crippen molar-refractivity contribution in [2.75, 3.05) is 13.2 Å². The molecule has 1 aliphatic heterocycles. The van der Waals surface area contributed by atoms with Gasteiger partial charge < -0.3 is 14.6 Å². The molecule has 0 radical (unpaired) electrons. The minimum atomic E-state index is -0.918. The van der Waals surface area contributed by atoms with E-state index in [2.05, 4.69) is 12.6 Å². The zero-order valence-electron chi connectivity index (χ0n) is 8.55. The van der Waals surface area contributed by atoms with Crippen molar-refractivity contribution in [1.29, 1.82) is 0 Å². The number of benzene rings is 1.